The van der Waals surface area contributed by atoms with Gasteiger partial charge in [0.05, 0.1) is 34.5 Å². The molecule has 1 fully saturated rings. The van der Waals surface area contributed by atoms with E-state index < -0.39 is 0 Å². The Morgan fingerprint density at radius 3 is 2.67 bits per heavy atom. The standard InChI is InChI=1S/C29H27N3O4/c1-3-35-29(34)18-7-6-8-19(15-18)30-22-16-23(32-13-11-17(2)12-14-32)26-25-24(22)27(33)20-9-4-5-10-21(20)28(25)36-31-26/h4-10,15-17,30H,3,11-14H2,1-2H3. The van der Waals surface area contributed by atoms with Crippen molar-refractivity contribution in [1.29, 1.82) is 0 Å². The first-order valence-electron chi connectivity index (χ1n) is 12.4. The summed E-state index contributed by atoms with van der Waals surface area (Å²) in [4.78, 5) is 28.4. The van der Waals surface area contributed by atoms with Gasteiger partial charge in [0.15, 0.2) is 11.5 Å². The van der Waals surface area contributed by atoms with Crippen LogP contribution in [0.2, 0.25) is 0 Å². The lowest BCUT2D eigenvalue weighted by Gasteiger charge is -2.33. The molecule has 1 N–H and O–H groups in total. The Hall–Kier alpha value is -4.13. The van der Waals surface area contributed by atoms with Gasteiger partial charge in [-0.2, -0.15) is 0 Å². The van der Waals surface area contributed by atoms with Gasteiger partial charge in [-0.1, -0.05) is 42.4 Å². The summed E-state index contributed by atoms with van der Waals surface area (Å²) in [5, 5.41) is 8.63. The molecule has 7 heteroatoms. The van der Waals surface area contributed by atoms with Crippen LogP contribution in [-0.4, -0.2) is 36.6 Å². The fourth-order valence-electron chi connectivity index (χ4n) is 5.23. The fourth-order valence-corrected chi connectivity index (χ4v) is 5.23. The molecule has 0 atom stereocenters. The molecule has 7 nitrogen and oxygen atoms in total. The third kappa shape index (κ3) is 3.63. The number of ketones is 1. The number of nitrogens with one attached hydrogen (secondary N) is 1. The van der Waals surface area contributed by atoms with Crippen molar-refractivity contribution in [3.05, 3.63) is 71.3 Å². The molecular formula is C29H27N3O4. The number of ether oxygens (including phenoxy) is 1. The van der Waals surface area contributed by atoms with Crippen LogP contribution in [0.25, 0.3) is 22.2 Å². The van der Waals surface area contributed by atoms with E-state index in [2.05, 4.69) is 22.3 Å². The molecule has 0 spiro atoms. The van der Waals surface area contributed by atoms with Crippen LogP contribution in [0.1, 0.15) is 53.0 Å². The first kappa shape index (κ1) is 22.3. The first-order valence-corrected chi connectivity index (χ1v) is 12.4. The average molecular weight is 482 g/mol. The lowest BCUT2D eigenvalue weighted by molar-refractivity contribution is 0.0526. The van der Waals surface area contributed by atoms with Gasteiger partial charge in [-0.25, -0.2) is 4.79 Å². The summed E-state index contributed by atoms with van der Waals surface area (Å²) in [6, 6.07) is 16.6. The third-order valence-corrected chi connectivity index (χ3v) is 7.16. The van der Waals surface area contributed by atoms with Crippen molar-refractivity contribution in [2.75, 3.05) is 29.9 Å². The summed E-state index contributed by atoms with van der Waals surface area (Å²) in [5.41, 5.74) is 5.36. The van der Waals surface area contributed by atoms with E-state index >= 15 is 0 Å². The molecule has 4 aromatic rings. The Morgan fingerprint density at radius 2 is 1.89 bits per heavy atom. The van der Waals surface area contributed by atoms with Gasteiger partial charge in [-0.3, -0.25) is 4.79 Å². The average Bonchev–Trinajstić information content (AvgIpc) is 3.34. The van der Waals surface area contributed by atoms with Crippen molar-refractivity contribution < 1.29 is 18.8 Å². The topological polar surface area (TPSA) is 84.7 Å². The fraction of sp³-hybridized carbons (Fsp3) is 0.276. The highest BCUT2D eigenvalue weighted by Crippen LogP contribution is 2.46. The number of anilines is 3. The summed E-state index contributed by atoms with van der Waals surface area (Å²) in [5.74, 6) is 0.840. The van der Waals surface area contributed by atoms with Crippen molar-refractivity contribution in [2.24, 2.45) is 5.92 Å². The molecule has 6 rings (SSSR count). The highest BCUT2D eigenvalue weighted by Gasteiger charge is 2.34. The van der Waals surface area contributed by atoms with Crippen LogP contribution in [0, 0.1) is 5.92 Å². The molecule has 3 aromatic carbocycles. The third-order valence-electron chi connectivity index (χ3n) is 7.16. The number of esters is 1. The molecule has 0 unspecified atom stereocenters. The van der Waals surface area contributed by atoms with E-state index in [1.54, 1.807) is 25.1 Å². The highest BCUT2D eigenvalue weighted by atomic mass is 16.5. The van der Waals surface area contributed by atoms with E-state index in [4.69, 9.17) is 9.26 Å². The summed E-state index contributed by atoms with van der Waals surface area (Å²) in [6.07, 6.45) is 2.19. The Morgan fingerprint density at radius 1 is 1.11 bits per heavy atom. The van der Waals surface area contributed by atoms with Gasteiger partial charge >= 0.3 is 5.97 Å². The van der Waals surface area contributed by atoms with Crippen LogP contribution in [0.3, 0.4) is 0 Å². The minimum absolute atomic E-state index is 0.0748. The Kier molecular flexibility index (Phi) is 5.48. The predicted molar refractivity (Wildman–Crippen MR) is 139 cm³/mol. The van der Waals surface area contributed by atoms with Crippen LogP contribution >= 0.6 is 0 Å². The molecule has 0 amide bonds. The van der Waals surface area contributed by atoms with Crippen molar-refractivity contribution in [1.82, 2.24) is 5.16 Å². The van der Waals surface area contributed by atoms with Crippen molar-refractivity contribution in [3.63, 3.8) is 0 Å². The number of benzene rings is 3. The number of aromatic nitrogens is 1. The van der Waals surface area contributed by atoms with Crippen molar-refractivity contribution >= 4 is 39.7 Å². The van der Waals surface area contributed by atoms with Gasteiger partial charge in [0.1, 0.15) is 5.52 Å². The Balaban J connectivity index is 1.52. The van der Waals surface area contributed by atoms with Crippen LogP contribution in [0.15, 0.2) is 59.1 Å². The van der Waals surface area contributed by atoms with Crippen LogP contribution in [-0.2, 0) is 4.74 Å². The van der Waals surface area contributed by atoms with Crippen molar-refractivity contribution in [3.8, 4) is 11.3 Å². The quantitative estimate of drug-likeness (QED) is 0.299. The van der Waals surface area contributed by atoms with E-state index in [0.29, 0.717) is 51.9 Å². The molecule has 0 saturated carbocycles. The van der Waals surface area contributed by atoms with Crippen molar-refractivity contribution in [2.45, 2.75) is 26.7 Å². The Labute approximate surface area is 209 Å². The maximum atomic E-state index is 13.8. The summed E-state index contributed by atoms with van der Waals surface area (Å²) in [6.45, 7) is 6.20. The predicted octanol–water partition coefficient (Wildman–Crippen LogP) is 6.20. The zero-order valence-electron chi connectivity index (χ0n) is 20.3. The SMILES string of the molecule is CCOC(=O)c1cccc(Nc2cc(N3CCC(C)CC3)c3noc4c3c2C(=O)c2ccccc2-4)c1. The van der Waals surface area contributed by atoms with Gasteiger partial charge in [-0.15, -0.1) is 0 Å². The van der Waals surface area contributed by atoms with Gasteiger partial charge in [0.25, 0.3) is 0 Å². The number of piperidine rings is 1. The minimum Gasteiger partial charge on any atom is -0.462 e. The molecule has 36 heavy (non-hydrogen) atoms. The first-order chi connectivity index (χ1) is 17.5. The molecule has 1 aliphatic carbocycles. The number of hydrogen-bond donors (Lipinski definition) is 1. The monoisotopic (exact) mass is 481 g/mol. The van der Waals surface area contributed by atoms with Gasteiger partial charge < -0.3 is 19.5 Å². The maximum Gasteiger partial charge on any atom is 0.338 e. The van der Waals surface area contributed by atoms with E-state index in [9.17, 15) is 9.59 Å². The second-order valence-electron chi connectivity index (χ2n) is 9.52. The van der Waals surface area contributed by atoms with Crippen LogP contribution < -0.4 is 10.2 Å². The number of hydrogen-bond acceptors (Lipinski definition) is 7. The van der Waals surface area contributed by atoms with Gasteiger partial charge in [-0.05, 0) is 49.9 Å². The molecule has 1 aliphatic heterocycles. The summed E-state index contributed by atoms with van der Waals surface area (Å²) >= 11 is 0. The maximum absolute atomic E-state index is 13.8. The molecule has 1 saturated heterocycles. The van der Waals surface area contributed by atoms with Gasteiger partial charge in [0, 0.05) is 29.9 Å². The molecule has 2 aliphatic rings. The zero-order valence-corrected chi connectivity index (χ0v) is 20.3. The highest BCUT2D eigenvalue weighted by molar-refractivity contribution is 6.28. The number of nitrogens with zero attached hydrogens (tertiary/aromatic N) is 2. The second kappa shape index (κ2) is 8.82. The number of rotatable bonds is 5. The molecule has 1 aromatic heterocycles. The van der Waals surface area contributed by atoms with Crippen LogP contribution in [0.5, 0.6) is 0 Å². The molecule has 0 bridgehead atoms. The largest absolute Gasteiger partial charge is 0.462 e. The number of carbonyl (C=O) groups is 2. The van der Waals surface area contributed by atoms with Gasteiger partial charge in [0.2, 0.25) is 0 Å². The van der Waals surface area contributed by atoms with E-state index in [1.807, 2.05) is 36.4 Å². The van der Waals surface area contributed by atoms with E-state index in [0.717, 1.165) is 42.6 Å². The molecular weight excluding hydrogens is 454 g/mol. The molecule has 0 radical (unpaired) electrons. The zero-order chi connectivity index (χ0) is 24.8. The Bertz CT molecular complexity index is 1500. The molecule has 182 valence electrons. The molecule has 2 heterocycles. The minimum atomic E-state index is -0.382. The lowest BCUT2D eigenvalue weighted by Crippen LogP contribution is -2.33. The lowest BCUT2D eigenvalue weighted by atomic mass is 9.86. The van der Waals surface area contributed by atoms with E-state index in [-0.39, 0.29) is 11.8 Å². The number of fused-ring (bicyclic) bond motifs is 2. The second-order valence-corrected chi connectivity index (χ2v) is 9.52. The van der Waals surface area contributed by atoms with Crippen LogP contribution in [0.4, 0.5) is 17.1 Å². The normalized spacial score (nSPS) is 15.2. The van der Waals surface area contributed by atoms with E-state index in [1.165, 1.54) is 0 Å². The summed E-state index contributed by atoms with van der Waals surface area (Å²) < 4.78 is 11.1. The smallest absolute Gasteiger partial charge is 0.338 e. The number of carbonyl (C=O) groups excluding carboxylic acids is 2. The summed E-state index contributed by atoms with van der Waals surface area (Å²) in [7, 11) is 0.